The van der Waals surface area contributed by atoms with Crippen LogP contribution >= 0.6 is 0 Å². The minimum Gasteiger partial charge on any atom is -0.373 e. The molecular weight excluding hydrogens is 279 g/mol. The number of rotatable bonds is 3. The zero-order valence-corrected chi connectivity index (χ0v) is 11.4. The smallest absolute Gasteiger partial charge is 0.373 e. The van der Waals surface area contributed by atoms with E-state index in [0.717, 1.165) is 18.9 Å². The van der Waals surface area contributed by atoms with Crippen molar-refractivity contribution >= 4 is 5.82 Å². The summed E-state index contributed by atoms with van der Waals surface area (Å²) in [5.41, 5.74) is -0.275. The Labute approximate surface area is 120 Å². The number of halogens is 3. The van der Waals surface area contributed by atoms with Gasteiger partial charge in [0.25, 0.3) is 0 Å². The van der Waals surface area contributed by atoms with E-state index in [1.807, 2.05) is 0 Å². The second kappa shape index (κ2) is 5.02. The van der Waals surface area contributed by atoms with Crippen LogP contribution in [0.3, 0.4) is 0 Å². The molecule has 110 valence electrons. The van der Waals surface area contributed by atoms with Gasteiger partial charge in [0, 0.05) is 24.6 Å². The van der Waals surface area contributed by atoms with Crippen LogP contribution in [-0.2, 0) is 6.18 Å². The second-order valence-electron chi connectivity index (χ2n) is 5.06. The van der Waals surface area contributed by atoms with E-state index in [2.05, 4.69) is 15.3 Å². The third kappa shape index (κ3) is 2.84. The van der Waals surface area contributed by atoms with E-state index in [-0.39, 0.29) is 11.5 Å². The average Bonchev–Trinajstić information content (AvgIpc) is 3.30. The van der Waals surface area contributed by atoms with Crippen molar-refractivity contribution in [2.45, 2.75) is 24.9 Å². The molecule has 1 N–H and O–H groups in total. The number of anilines is 1. The lowest BCUT2D eigenvalue weighted by molar-refractivity contribution is -0.137. The summed E-state index contributed by atoms with van der Waals surface area (Å²) >= 11 is 0. The minimum atomic E-state index is -4.40. The molecule has 0 bridgehead atoms. The number of benzene rings is 1. The van der Waals surface area contributed by atoms with Crippen LogP contribution in [0.5, 0.6) is 0 Å². The number of hydrogen-bond acceptors (Lipinski definition) is 3. The molecule has 6 heteroatoms. The van der Waals surface area contributed by atoms with Crippen molar-refractivity contribution in [3.05, 3.63) is 41.7 Å². The van der Waals surface area contributed by atoms with Gasteiger partial charge in [-0.2, -0.15) is 13.2 Å². The molecular formula is C15H14F3N3. The first-order chi connectivity index (χ1) is 9.99. The average molecular weight is 293 g/mol. The Kier molecular flexibility index (Phi) is 3.31. The number of nitrogens with zero attached hydrogens (tertiary/aromatic N) is 2. The molecule has 0 unspecified atom stereocenters. The Balaban J connectivity index is 2.14. The fourth-order valence-corrected chi connectivity index (χ4v) is 2.21. The quantitative estimate of drug-likeness (QED) is 0.926. The molecule has 1 aromatic heterocycles. The molecule has 1 aliphatic rings. The fraction of sp³-hybridized carbons (Fsp3) is 0.333. The van der Waals surface area contributed by atoms with Crippen LogP contribution in [0.2, 0.25) is 0 Å². The van der Waals surface area contributed by atoms with Crippen LogP contribution in [0, 0.1) is 0 Å². The van der Waals surface area contributed by atoms with E-state index in [4.69, 9.17) is 0 Å². The van der Waals surface area contributed by atoms with E-state index in [1.165, 1.54) is 12.1 Å². The number of hydrogen-bond donors (Lipinski definition) is 1. The molecule has 21 heavy (non-hydrogen) atoms. The Hall–Kier alpha value is -2.11. The molecule has 1 heterocycles. The predicted octanol–water partition coefficient (Wildman–Crippen LogP) is 4.08. The summed E-state index contributed by atoms with van der Waals surface area (Å²) in [6, 6.07) is 7.04. The zero-order chi connectivity index (χ0) is 15.0. The second-order valence-corrected chi connectivity index (χ2v) is 5.06. The highest BCUT2D eigenvalue weighted by Crippen LogP contribution is 2.41. The highest BCUT2D eigenvalue weighted by atomic mass is 19.4. The summed E-state index contributed by atoms with van der Waals surface area (Å²) in [5.74, 6) is 1.43. The maximum absolute atomic E-state index is 13.1. The molecule has 1 fully saturated rings. The first kappa shape index (κ1) is 13.9. The van der Waals surface area contributed by atoms with Crippen LogP contribution < -0.4 is 5.32 Å². The molecule has 1 aromatic carbocycles. The predicted molar refractivity (Wildman–Crippen MR) is 74.0 cm³/mol. The summed E-state index contributed by atoms with van der Waals surface area (Å²) in [6.07, 6.45) is -2.41. The van der Waals surface area contributed by atoms with Gasteiger partial charge in [0.2, 0.25) is 0 Å². The van der Waals surface area contributed by atoms with E-state index < -0.39 is 11.7 Å². The zero-order valence-electron chi connectivity index (χ0n) is 11.4. The first-order valence-corrected chi connectivity index (χ1v) is 6.72. The third-order valence-electron chi connectivity index (χ3n) is 3.45. The minimum absolute atomic E-state index is 0.0887. The molecule has 2 aromatic rings. The lowest BCUT2D eigenvalue weighted by Gasteiger charge is -2.13. The summed E-state index contributed by atoms with van der Waals surface area (Å²) < 4.78 is 39.4. The summed E-state index contributed by atoms with van der Waals surface area (Å²) in [4.78, 5) is 8.66. The number of nitrogens with one attached hydrogen (secondary N) is 1. The molecule has 0 spiro atoms. The molecule has 0 atom stereocenters. The van der Waals surface area contributed by atoms with Crippen LogP contribution in [0.15, 0.2) is 30.3 Å². The van der Waals surface area contributed by atoms with Gasteiger partial charge in [0.1, 0.15) is 11.6 Å². The molecule has 3 rings (SSSR count). The summed E-state index contributed by atoms with van der Waals surface area (Å²) in [5, 5.41) is 2.89. The Bertz CT molecular complexity index is 663. The van der Waals surface area contributed by atoms with Gasteiger partial charge < -0.3 is 5.32 Å². The van der Waals surface area contributed by atoms with Crippen molar-refractivity contribution in [2.75, 3.05) is 12.4 Å². The SMILES string of the molecule is CNc1cc(-c2ccccc2C(F)(F)F)nc(C2CC2)n1. The van der Waals surface area contributed by atoms with Crippen LogP contribution in [-0.4, -0.2) is 17.0 Å². The lowest BCUT2D eigenvalue weighted by atomic mass is 10.0. The van der Waals surface area contributed by atoms with Gasteiger partial charge in [-0.25, -0.2) is 9.97 Å². The van der Waals surface area contributed by atoms with Gasteiger partial charge in [-0.1, -0.05) is 18.2 Å². The van der Waals surface area contributed by atoms with Crippen molar-refractivity contribution in [1.29, 1.82) is 0 Å². The monoisotopic (exact) mass is 293 g/mol. The number of alkyl halides is 3. The summed E-state index contributed by atoms with van der Waals surface area (Å²) in [7, 11) is 1.69. The van der Waals surface area contributed by atoms with Gasteiger partial charge in [0.15, 0.2) is 0 Å². The number of aromatic nitrogens is 2. The largest absolute Gasteiger partial charge is 0.417 e. The van der Waals surface area contributed by atoms with Crippen molar-refractivity contribution in [1.82, 2.24) is 9.97 Å². The van der Waals surface area contributed by atoms with Crippen LogP contribution in [0.25, 0.3) is 11.3 Å². The molecule has 0 saturated heterocycles. The van der Waals surface area contributed by atoms with E-state index >= 15 is 0 Å². The van der Waals surface area contributed by atoms with E-state index in [1.54, 1.807) is 19.2 Å². The maximum Gasteiger partial charge on any atom is 0.417 e. The fourth-order valence-electron chi connectivity index (χ4n) is 2.21. The standard InChI is InChI=1S/C15H14F3N3/c1-19-13-8-12(20-14(21-13)9-6-7-9)10-4-2-3-5-11(10)15(16,17)18/h2-5,8-9H,6-7H2,1H3,(H,19,20,21). The Morgan fingerprint density at radius 1 is 1.14 bits per heavy atom. The van der Waals surface area contributed by atoms with Gasteiger partial charge >= 0.3 is 6.18 Å². The third-order valence-corrected chi connectivity index (χ3v) is 3.45. The van der Waals surface area contributed by atoms with Gasteiger partial charge in [-0.3, -0.25) is 0 Å². The molecule has 1 saturated carbocycles. The van der Waals surface area contributed by atoms with Crippen LogP contribution in [0.4, 0.5) is 19.0 Å². The van der Waals surface area contributed by atoms with Crippen molar-refractivity contribution in [3.63, 3.8) is 0 Å². The van der Waals surface area contributed by atoms with Gasteiger partial charge in [-0.05, 0) is 18.9 Å². The molecule has 0 aliphatic heterocycles. The molecule has 1 aliphatic carbocycles. The topological polar surface area (TPSA) is 37.8 Å². The lowest BCUT2D eigenvalue weighted by Crippen LogP contribution is -2.08. The van der Waals surface area contributed by atoms with E-state index in [0.29, 0.717) is 17.3 Å². The highest BCUT2D eigenvalue weighted by molar-refractivity contribution is 5.67. The van der Waals surface area contributed by atoms with Crippen molar-refractivity contribution < 1.29 is 13.2 Å². The Morgan fingerprint density at radius 3 is 2.48 bits per heavy atom. The molecule has 0 amide bonds. The van der Waals surface area contributed by atoms with Crippen molar-refractivity contribution in [2.24, 2.45) is 0 Å². The maximum atomic E-state index is 13.1. The summed E-state index contributed by atoms with van der Waals surface area (Å²) in [6.45, 7) is 0. The van der Waals surface area contributed by atoms with Crippen molar-refractivity contribution in [3.8, 4) is 11.3 Å². The van der Waals surface area contributed by atoms with E-state index in [9.17, 15) is 13.2 Å². The molecule has 0 radical (unpaired) electrons. The van der Waals surface area contributed by atoms with Gasteiger partial charge in [0.05, 0.1) is 11.3 Å². The van der Waals surface area contributed by atoms with Gasteiger partial charge in [-0.15, -0.1) is 0 Å². The van der Waals surface area contributed by atoms with Crippen LogP contribution in [0.1, 0.15) is 30.1 Å². The highest BCUT2D eigenvalue weighted by Gasteiger charge is 2.34. The molecule has 3 nitrogen and oxygen atoms in total. The first-order valence-electron chi connectivity index (χ1n) is 6.72. The Morgan fingerprint density at radius 2 is 1.86 bits per heavy atom. The normalized spacial score (nSPS) is 15.0.